The van der Waals surface area contributed by atoms with Gasteiger partial charge in [0.05, 0.1) is 22.6 Å². The van der Waals surface area contributed by atoms with Crippen molar-refractivity contribution < 1.29 is 0 Å². The number of pyridine rings is 3. The number of rotatable bonds is 4. The van der Waals surface area contributed by atoms with Crippen LogP contribution in [-0.4, -0.2) is 15.0 Å². The molecule has 3 heterocycles. The first-order valence-electron chi connectivity index (χ1n) is 16.9. The predicted molar refractivity (Wildman–Crippen MR) is 209 cm³/mol. The zero-order valence-corrected chi connectivity index (χ0v) is 27.1. The Bertz CT molecular complexity index is 2860. The second-order valence-corrected chi connectivity index (χ2v) is 12.7. The van der Waals surface area contributed by atoms with Crippen molar-refractivity contribution in [2.75, 3.05) is 0 Å². The average Bonchev–Trinajstić information content (AvgIpc) is 3.20. The van der Waals surface area contributed by atoms with E-state index in [2.05, 4.69) is 157 Å². The first-order chi connectivity index (χ1) is 24.8. The zero-order valence-electron chi connectivity index (χ0n) is 27.1. The van der Waals surface area contributed by atoms with Gasteiger partial charge in [0.15, 0.2) is 0 Å². The lowest BCUT2D eigenvalue weighted by molar-refractivity contribution is 1.29. The van der Waals surface area contributed by atoms with Crippen LogP contribution in [0.5, 0.6) is 0 Å². The summed E-state index contributed by atoms with van der Waals surface area (Å²) in [7, 11) is 0. The molecule has 0 atom stereocenters. The summed E-state index contributed by atoms with van der Waals surface area (Å²) in [5.74, 6) is 0. The second-order valence-electron chi connectivity index (χ2n) is 12.7. The van der Waals surface area contributed by atoms with Crippen LogP contribution in [0.3, 0.4) is 0 Å². The highest BCUT2D eigenvalue weighted by molar-refractivity contribution is 6.28. The van der Waals surface area contributed by atoms with E-state index in [0.29, 0.717) is 0 Å². The van der Waals surface area contributed by atoms with Gasteiger partial charge in [0.25, 0.3) is 0 Å². The second kappa shape index (κ2) is 11.5. The minimum Gasteiger partial charge on any atom is -0.265 e. The minimum absolute atomic E-state index is 0.930. The van der Waals surface area contributed by atoms with Gasteiger partial charge in [-0.3, -0.25) is 4.98 Å². The summed E-state index contributed by atoms with van der Waals surface area (Å²) in [5.41, 5.74) is 9.65. The summed E-state index contributed by atoms with van der Waals surface area (Å²) >= 11 is 0. The molecule has 0 saturated heterocycles. The van der Waals surface area contributed by atoms with Gasteiger partial charge in [-0.2, -0.15) is 0 Å². The Morgan fingerprint density at radius 1 is 0.320 bits per heavy atom. The van der Waals surface area contributed by atoms with Crippen molar-refractivity contribution in [3.63, 3.8) is 0 Å². The average molecular weight is 636 g/mol. The van der Waals surface area contributed by atoms with Gasteiger partial charge >= 0.3 is 0 Å². The lowest BCUT2D eigenvalue weighted by Crippen LogP contribution is -1.95. The minimum atomic E-state index is 0.930. The number of fused-ring (bicyclic) bond motifs is 7. The number of aromatic nitrogens is 3. The van der Waals surface area contributed by atoms with E-state index in [1.165, 1.54) is 48.8 Å². The van der Waals surface area contributed by atoms with Crippen LogP contribution in [-0.2, 0) is 0 Å². The van der Waals surface area contributed by atoms with Crippen LogP contribution in [0.15, 0.2) is 176 Å². The van der Waals surface area contributed by atoms with E-state index < -0.39 is 0 Å². The Balaban J connectivity index is 1.29. The quantitative estimate of drug-likeness (QED) is 0.143. The van der Waals surface area contributed by atoms with Crippen LogP contribution in [0.25, 0.3) is 98.9 Å². The van der Waals surface area contributed by atoms with Crippen molar-refractivity contribution in [3.8, 4) is 44.9 Å². The molecule has 50 heavy (non-hydrogen) atoms. The predicted octanol–water partition coefficient (Wildman–Crippen LogP) is 12.3. The number of benzene rings is 7. The van der Waals surface area contributed by atoms with Gasteiger partial charge in [0, 0.05) is 45.2 Å². The first kappa shape index (κ1) is 28.3. The van der Waals surface area contributed by atoms with Crippen LogP contribution in [0.4, 0.5) is 0 Å². The first-order valence-corrected chi connectivity index (χ1v) is 16.9. The molecule has 0 amide bonds. The highest BCUT2D eigenvalue weighted by atomic mass is 14.7. The third-order valence-corrected chi connectivity index (χ3v) is 9.95. The van der Waals surface area contributed by atoms with Crippen molar-refractivity contribution in [2.45, 2.75) is 0 Å². The molecule has 10 aromatic rings. The van der Waals surface area contributed by atoms with E-state index in [9.17, 15) is 0 Å². The topological polar surface area (TPSA) is 38.7 Å². The Labute approximate surface area is 289 Å². The molecule has 3 aromatic heterocycles. The maximum atomic E-state index is 5.23. The summed E-state index contributed by atoms with van der Waals surface area (Å²) in [6.45, 7) is 0. The third kappa shape index (κ3) is 4.41. The van der Waals surface area contributed by atoms with Crippen LogP contribution in [0.1, 0.15) is 0 Å². The lowest BCUT2D eigenvalue weighted by Gasteiger charge is -2.19. The maximum Gasteiger partial charge on any atom is 0.0788 e. The van der Waals surface area contributed by atoms with E-state index in [0.717, 1.165) is 50.1 Å². The molecule has 3 nitrogen and oxygen atoms in total. The maximum absolute atomic E-state index is 5.23. The molecule has 0 N–H and O–H groups in total. The van der Waals surface area contributed by atoms with Crippen LogP contribution < -0.4 is 0 Å². The molecule has 232 valence electrons. The van der Waals surface area contributed by atoms with Gasteiger partial charge in [-0.25, -0.2) is 9.97 Å². The van der Waals surface area contributed by atoms with Gasteiger partial charge < -0.3 is 0 Å². The van der Waals surface area contributed by atoms with Crippen molar-refractivity contribution in [2.24, 2.45) is 0 Å². The Hall–Kier alpha value is -6.71. The standard InChI is InChI=1S/C47H29N3/c1-2-12-31(13-3-1)47-40-25-24-32-33(19-10-20-34(32)45(40)39-18-8-9-21-42(39)50-47)44-35-14-4-6-16-37(35)46(38-17-7-5-15-36(38)44)43-23-11-22-41(49-43)30-26-28-48-29-27-30/h1-29H. The SMILES string of the molecule is c1ccc(-c2nc3ccccc3c3c2ccc2c(-c4c5ccccc5c(-c5cccc(-c6ccncc6)n5)c5ccccc45)cccc23)cc1. The molecule has 0 bridgehead atoms. The zero-order chi connectivity index (χ0) is 33.0. The fourth-order valence-electron chi connectivity index (χ4n) is 7.79. The molecule has 0 radical (unpaired) electrons. The Kier molecular flexibility index (Phi) is 6.49. The fraction of sp³-hybridized carbons (Fsp3) is 0. The van der Waals surface area contributed by atoms with Gasteiger partial charge in [-0.15, -0.1) is 0 Å². The van der Waals surface area contributed by atoms with E-state index in [-0.39, 0.29) is 0 Å². The molecule has 0 aliphatic carbocycles. The highest BCUT2D eigenvalue weighted by Crippen LogP contribution is 2.46. The van der Waals surface area contributed by atoms with Crippen LogP contribution >= 0.6 is 0 Å². The summed E-state index contributed by atoms with van der Waals surface area (Å²) in [5, 5.41) is 10.8. The summed E-state index contributed by atoms with van der Waals surface area (Å²) < 4.78 is 0. The van der Waals surface area contributed by atoms with E-state index in [4.69, 9.17) is 9.97 Å². The molecule has 0 fully saturated rings. The molecule has 0 saturated carbocycles. The number of nitrogens with zero attached hydrogens (tertiary/aromatic N) is 3. The molecule has 10 rings (SSSR count). The van der Waals surface area contributed by atoms with Crippen molar-refractivity contribution >= 4 is 54.0 Å². The van der Waals surface area contributed by atoms with Crippen molar-refractivity contribution in [1.82, 2.24) is 15.0 Å². The van der Waals surface area contributed by atoms with E-state index in [1.54, 1.807) is 0 Å². The summed E-state index contributed by atoms with van der Waals surface area (Å²) in [6.07, 6.45) is 3.64. The van der Waals surface area contributed by atoms with Gasteiger partial charge in [-0.05, 0) is 73.8 Å². The number of hydrogen-bond donors (Lipinski definition) is 0. The van der Waals surface area contributed by atoms with Crippen molar-refractivity contribution in [3.05, 3.63) is 176 Å². The van der Waals surface area contributed by atoms with Gasteiger partial charge in [0.2, 0.25) is 0 Å². The molecule has 0 aliphatic heterocycles. The molecule has 0 unspecified atom stereocenters. The molecule has 3 heteroatoms. The largest absolute Gasteiger partial charge is 0.265 e. The van der Waals surface area contributed by atoms with Crippen molar-refractivity contribution in [1.29, 1.82) is 0 Å². The summed E-state index contributed by atoms with van der Waals surface area (Å²) in [6, 6.07) is 58.3. The summed E-state index contributed by atoms with van der Waals surface area (Å²) in [4.78, 5) is 14.6. The lowest BCUT2D eigenvalue weighted by atomic mass is 9.85. The molecular formula is C47H29N3. The number of hydrogen-bond acceptors (Lipinski definition) is 3. The van der Waals surface area contributed by atoms with Gasteiger partial charge in [0.1, 0.15) is 0 Å². The normalized spacial score (nSPS) is 11.6. The Morgan fingerprint density at radius 3 is 1.64 bits per heavy atom. The fourth-order valence-corrected chi connectivity index (χ4v) is 7.79. The highest BCUT2D eigenvalue weighted by Gasteiger charge is 2.20. The van der Waals surface area contributed by atoms with Crippen LogP contribution in [0.2, 0.25) is 0 Å². The van der Waals surface area contributed by atoms with Crippen LogP contribution in [0, 0.1) is 0 Å². The third-order valence-electron chi connectivity index (χ3n) is 9.95. The Morgan fingerprint density at radius 2 is 0.900 bits per heavy atom. The molecule has 7 aromatic carbocycles. The number of para-hydroxylation sites is 1. The smallest absolute Gasteiger partial charge is 0.0788 e. The van der Waals surface area contributed by atoms with Gasteiger partial charge in [-0.1, -0.05) is 133 Å². The molecule has 0 spiro atoms. The van der Waals surface area contributed by atoms with E-state index in [1.807, 2.05) is 24.5 Å². The van der Waals surface area contributed by atoms with E-state index >= 15 is 0 Å². The molecule has 0 aliphatic rings. The monoisotopic (exact) mass is 635 g/mol. The molecular weight excluding hydrogens is 607 g/mol.